The maximum Gasteiger partial charge on any atom is 0.340 e. The van der Waals surface area contributed by atoms with Crippen molar-refractivity contribution in [3.05, 3.63) is 59.9 Å². The number of sulfone groups is 1. The normalized spacial score (nSPS) is 12.3. The van der Waals surface area contributed by atoms with Crippen molar-refractivity contribution in [1.82, 2.24) is 0 Å². The molecule has 0 fully saturated rings. The number of ether oxygens (including phenoxy) is 1. The average molecular weight is 379 g/mol. The van der Waals surface area contributed by atoms with Crippen molar-refractivity contribution in [2.75, 3.05) is 11.6 Å². The molecular formula is C18H18FNO5S. The van der Waals surface area contributed by atoms with Gasteiger partial charge in [0, 0.05) is 11.9 Å². The summed E-state index contributed by atoms with van der Waals surface area (Å²) in [5.74, 6) is -1.95. The number of anilines is 1. The van der Waals surface area contributed by atoms with Crippen molar-refractivity contribution in [3.63, 3.8) is 0 Å². The molecule has 6 nitrogen and oxygen atoms in total. The van der Waals surface area contributed by atoms with Gasteiger partial charge in [0.1, 0.15) is 5.82 Å². The summed E-state index contributed by atoms with van der Waals surface area (Å²) in [6.45, 7) is 1.64. The van der Waals surface area contributed by atoms with Crippen molar-refractivity contribution in [2.24, 2.45) is 0 Å². The van der Waals surface area contributed by atoms with Gasteiger partial charge in [0.15, 0.2) is 15.9 Å². The Morgan fingerprint density at radius 3 is 2.31 bits per heavy atom. The molecule has 0 aromatic heterocycles. The van der Waals surface area contributed by atoms with E-state index in [1.54, 1.807) is 6.92 Å². The number of rotatable bonds is 6. The van der Waals surface area contributed by atoms with Gasteiger partial charge >= 0.3 is 5.97 Å². The lowest BCUT2D eigenvalue weighted by Crippen LogP contribution is -2.32. The number of benzene rings is 2. The highest BCUT2D eigenvalue weighted by molar-refractivity contribution is 7.90. The van der Waals surface area contributed by atoms with E-state index in [0.29, 0.717) is 5.69 Å². The van der Waals surface area contributed by atoms with E-state index < -0.39 is 33.6 Å². The number of hydrogen-bond donors (Lipinski definition) is 1. The Bertz CT molecular complexity index is 909. The summed E-state index contributed by atoms with van der Waals surface area (Å²) in [6.07, 6.45) is 0.0393. The van der Waals surface area contributed by atoms with Crippen LogP contribution >= 0.6 is 0 Å². The molecule has 1 amide bonds. The predicted octanol–water partition coefficient (Wildman–Crippen LogP) is 2.80. The molecule has 0 saturated heterocycles. The fourth-order valence-corrected chi connectivity index (χ4v) is 3.11. The molecule has 2 rings (SSSR count). The fraction of sp³-hybridized carbons (Fsp3) is 0.222. The highest BCUT2D eigenvalue weighted by Crippen LogP contribution is 2.18. The SMILES string of the molecule is CCC(OC(=O)c1ccccc1S(C)(=O)=O)C(=O)Nc1ccc(F)cc1. The molecular weight excluding hydrogens is 361 g/mol. The highest BCUT2D eigenvalue weighted by atomic mass is 32.2. The molecule has 0 aliphatic rings. The molecule has 26 heavy (non-hydrogen) atoms. The Hall–Kier alpha value is -2.74. The zero-order valence-electron chi connectivity index (χ0n) is 14.2. The molecule has 2 aromatic rings. The van der Waals surface area contributed by atoms with Gasteiger partial charge in [-0.2, -0.15) is 0 Å². The van der Waals surface area contributed by atoms with Gasteiger partial charge < -0.3 is 10.1 Å². The Morgan fingerprint density at radius 2 is 1.73 bits per heavy atom. The summed E-state index contributed by atoms with van der Waals surface area (Å²) in [4.78, 5) is 24.5. The number of esters is 1. The van der Waals surface area contributed by atoms with E-state index in [1.165, 1.54) is 48.5 Å². The average Bonchev–Trinajstić information content (AvgIpc) is 2.60. The second kappa shape index (κ2) is 8.09. The minimum atomic E-state index is -3.63. The third-order valence-electron chi connectivity index (χ3n) is 3.53. The standard InChI is InChI=1S/C18H18FNO5S/c1-3-15(17(21)20-13-10-8-12(19)9-11-13)25-18(22)14-6-4-5-7-16(14)26(2,23)24/h4-11,15H,3H2,1-2H3,(H,20,21). The van der Waals surface area contributed by atoms with E-state index >= 15 is 0 Å². The lowest BCUT2D eigenvalue weighted by Gasteiger charge is -2.17. The first-order valence-corrected chi connectivity index (χ1v) is 9.68. The van der Waals surface area contributed by atoms with Crippen LogP contribution in [0.5, 0.6) is 0 Å². The van der Waals surface area contributed by atoms with Crippen LogP contribution in [0.4, 0.5) is 10.1 Å². The second-order valence-corrected chi connectivity index (χ2v) is 7.55. The number of carbonyl (C=O) groups is 2. The molecule has 0 heterocycles. The Kier molecular flexibility index (Phi) is 6.10. The van der Waals surface area contributed by atoms with Crippen LogP contribution in [0.1, 0.15) is 23.7 Å². The monoisotopic (exact) mass is 379 g/mol. The third-order valence-corrected chi connectivity index (χ3v) is 4.69. The van der Waals surface area contributed by atoms with Crippen molar-refractivity contribution in [2.45, 2.75) is 24.3 Å². The zero-order chi connectivity index (χ0) is 19.3. The molecule has 0 spiro atoms. The molecule has 0 radical (unpaired) electrons. The Labute approximate surface area is 150 Å². The van der Waals surface area contributed by atoms with Gasteiger partial charge in [-0.3, -0.25) is 4.79 Å². The predicted molar refractivity (Wildman–Crippen MR) is 94.1 cm³/mol. The van der Waals surface area contributed by atoms with Gasteiger partial charge in [-0.1, -0.05) is 19.1 Å². The van der Waals surface area contributed by atoms with Crippen molar-refractivity contribution >= 4 is 27.4 Å². The van der Waals surface area contributed by atoms with Gasteiger partial charge in [0.25, 0.3) is 5.91 Å². The number of hydrogen-bond acceptors (Lipinski definition) is 5. The molecule has 2 aromatic carbocycles. The van der Waals surface area contributed by atoms with E-state index in [4.69, 9.17) is 4.74 Å². The van der Waals surface area contributed by atoms with E-state index in [-0.39, 0.29) is 16.9 Å². The first kappa shape index (κ1) is 19.6. The molecule has 0 aliphatic carbocycles. The summed E-state index contributed by atoms with van der Waals surface area (Å²) < 4.78 is 41.7. The van der Waals surface area contributed by atoms with Crippen molar-refractivity contribution in [1.29, 1.82) is 0 Å². The fourth-order valence-electron chi connectivity index (χ4n) is 2.23. The van der Waals surface area contributed by atoms with Gasteiger partial charge in [0.2, 0.25) is 0 Å². The lowest BCUT2D eigenvalue weighted by molar-refractivity contribution is -0.124. The highest BCUT2D eigenvalue weighted by Gasteiger charge is 2.25. The minimum absolute atomic E-state index is 0.136. The van der Waals surface area contributed by atoms with Crippen LogP contribution in [0.15, 0.2) is 53.4 Å². The molecule has 1 atom stereocenters. The molecule has 8 heteroatoms. The summed E-state index contributed by atoms with van der Waals surface area (Å²) >= 11 is 0. The van der Waals surface area contributed by atoms with E-state index in [9.17, 15) is 22.4 Å². The topological polar surface area (TPSA) is 89.5 Å². The number of carbonyl (C=O) groups excluding carboxylic acids is 2. The first-order valence-electron chi connectivity index (χ1n) is 7.79. The summed E-state index contributed by atoms with van der Waals surface area (Å²) in [7, 11) is -3.63. The maximum absolute atomic E-state index is 12.9. The maximum atomic E-state index is 12.9. The van der Waals surface area contributed by atoms with E-state index in [2.05, 4.69) is 5.32 Å². The molecule has 0 bridgehead atoms. The van der Waals surface area contributed by atoms with E-state index in [0.717, 1.165) is 6.26 Å². The molecule has 1 unspecified atom stereocenters. The van der Waals surface area contributed by atoms with E-state index in [1.807, 2.05) is 0 Å². The van der Waals surface area contributed by atoms with Crippen molar-refractivity contribution < 1.29 is 27.1 Å². The largest absolute Gasteiger partial charge is 0.449 e. The Balaban J connectivity index is 2.16. The number of amides is 1. The summed E-state index contributed by atoms with van der Waals surface area (Å²) in [6, 6.07) is 10.7. The van der Waals surface area contributed by atoms with Crippen LogP contribution in [-0.2, 0) is 19.4 Å². The van der Waals surface area contributed by atoms with Gasteiger partial charge in [-0.05, 0) is 42.8 Å². The molecule has 1 N–H and O–H groups in total. The quantitative estimate of drug-likeness (QED) is 0.780. The first-order chi connectivity index (χ1) is 12.2. The lowest BCUT2D eigenvalue weighted by atomic mass is 10.2. The number of nitrogens with one attached hydrogen (secondary N) is 1. The zero-order valence-corrected chi connectivity index (χ0v) is 15.0. The summed E-state index contributed by atoms with van der Waals surface area (Å²) in [5, 5.41) is 2.52. The van der Waals surface area contributed by atoms with Crippen LogP contribution in [0.3, 0.4) is 0 Å². The van der Waals surface area contributed by atoms with Crippen LogP contribution in [0.25, 0.3) is 0 Å². The third kappa shape index (κ3) is 4.89. The minimum Gasteiger partial charge on any atom is -0.449 e. The summed E-state index contributed by atoms with van der Waals surface area (Å²) in [5.41, 5.74) is 0.213. The van der Waals surface area contributed by atoms with Gasteiger partial charge in [-0.25, -0.2) is 17.6 Å². The van der Waals surface area contributed by atoms with Crippen LogP contribution in [0, 0.1) is 5.82 Å². The van der Waals surface area contributed by atoms with Crippen LogP contribution < -0.4 is 5.32 Å². The van der Waals surface area contributed by atoms with Crippen LogP contribution in [0.2, 0.25) is 0 Å². The molecule has 0 aliphatic heterocycles. The van der Waals surface area contributed by atoms with Crippen molar-refractivity contribution in [3.8, 4) is 0 Å². The Morgan fingerprint density at radius 1 is 1.12 bits per heavy atom. The molecule has 0 saturated carbocycles. The van der Waals surface area contributed by atoms with Gasteiger partial charge in [-0.15, -0.1) is 0 Å². The van der Waals surface area contributed by atoms with Crippen LogP contribution in [-0.4, -0.2) is 32.7 Å². The second-order valence-electron chi connectivity index (χ2n) is 5.57. The smallest absolute Gasteiger partial charge is 0.340 e. The molecule has 138 valence electrons. The van der Waals surface area contributed by atoms with Gasteiger partial charge in [0.05, 0.1) is 10.5 Å². The number of halogens is 1.